The van der Waals surface area contributed by atoms with Crippen LogP contribution in [-0.2, 0) is 4.79 Å². The maximum Gasteiger partial charge on any atom is 0.234 e. The van der Waals surface area contributed by atoms with E-state index in [-0.39, 0.29) is 5.91 Å². The van der Waals surface area contributed by atoms with Gasteiger partial charge in [-0.1, -0.05) is 63.1 Å². The lowest BCUT2D eigenvalue weighted by molar-refractivity contribution is -0.113. The molecule has 1 fully saturated rings. The van der Waals surface area contributed by atoms with Crippen LogP contribution >= 0.6 is 23.5 Å². The largest absolute Gasteiger partial charge is 0.325 e. The zero-order valence-corrected chi connectivity index (χ0v) is 19.7. The lowest BCUT2D eigenvalue weighted by Gasteiger charge is -2.31. The molecule has 0 radical (unpaired) electrons. The number of aryl methyl sites for hydroxylation is 2. The van der Waals surface area contributed by atoms with Gasteiger partial charge in [0.1, 0.15) is 0 Å². The first-order valence-electron chi connectivity index (χ1n) is 10.7. The van der Waals surface area contributed by atoms with E-state index in [0.717, 1.165) is 16.8 Å². The average molecular weight is 428 g/mol. The summed E-state index contributed by atoms with van der Waals surface area (Å²) in [6, 6.07) is 15.0. The number of thioether (sulfide) groups is 2. The number of carbonyl (C=O) groups is 1. The third-order valence-electron chi connectivity index (χ3n) is 5.64. The molecule has 0 aliphatic heterocycles. The molecular weight excluding hydrogens is 394 g/mol. The predicted molar refractivity (Wildman–Crippen MR) is 129 cm³/mol. The monoisotopic (exact) mass is 427 g/mol. The van der Waals surface area contributed by atoms with Crippen LogP contribution in [0.1, 0.15) is 62.1 Å². The summed E-state index contributed by atoms with van der Waals surface area (Å²) in [6.07, 6.45) is 5.03. The Kier molecular flexibility index (Phi) is 8.14. The van der Waals surface area contributed by atoms with Crippen molar-refractivity contribution < 1.29 is 4.79 Å². The second kappa shape index (κ2) is 10.6. The number of carbonyl (C=O) groups excluding carboxylic acids is 1. The van der Waals surface area contributed by atoms with Gasteiger partial charge in [-0.25, -0.2) is 0 Å². The van der Waals surface area contributed by atoms with Crippen LogP contribution < -0.4 is 5.32 Å². The van der Waals surface area contributed by atoms with Crippen molar-refractivity contribution in [2.45, 2.75) is 74.7 Å². The van der Waals surface area contributed by atoms with E-state index in [1.807, 2.05) is 29.6 Å². The molecule has 0 heterocycles. The molecule has 29 heavy (non-hydrogen) atoms. The molecule has 2 aromatic rings. The van der Waals surface area contributed by atoms with E-state index in [4.69, 9.17) is 0 Å². The molecule has 4 heteroatoms. The van der Waals surface area contributed by atoms with Crippen molar-refractivity contribution in [2.75, 3.05) is 11.1 Å². The number of para-hydroxylation sites is 1. The molecule has 0 bridgehead atoms. The summed E-state index contributed by atoms with van der Waals surface area (Å²) < 4.78 is 0. The third-order valence-corrected chi connectivity index (χ3v) is 8.72. The van der Waals surface area contributed by atoms with Crippen molar-refractivity contribution >= 4 is 35.1 Å². The van der Waals surface area contributed by atoms with Gasteiger partial charge in [-0.3, -0.25) is 4.79 Å². The summed E-state index contributed by atoms with van der Waals surface area (Å²) in [5, 5.41) is 4.26. The Bertz CT molecular complexity index is 813. The summed E-state index contributed by atoms with van der Waals surface area (Å²) >= 11 is 3.88. The van der Waals surface area contributed by atoms with Gasteiger partial charge in [0.25, 0.3) is 0 Å². The lowest BCUT2D eigenvalue weighted by Crippen LogP contribution is -2.27. The second-order valence-electron chi connectivity index (χ2n) is 8.30. The van der Waals surface area contributed by atoms with Crippen LogP contribution in [0, 0.1) is 13.8 Å². The first kappa shape index (κ1) is 22.3. The Hall–Kier alpha value is -1.39. The minimum atomic E-state index is 0.115. The highest BCUT2D eigenvalue weighted by molar-refractivity contribution is 8.04. The van der Waals surface area contributed by atoms with Crippen molar-refractivity contribution in [3.63, 3.8) is 0 Å². The van der Waals surface area contributed by atoms with E-state index in [1.54, 1.807) is 0 Å². The quantitative estimate of drug-likeness (QED) is 0.506. The van der Waals surface area contributed by atoms with Gasteiger partial charge >= 0.3 is 0 Å². The van der Waals surface area contributed by atoms with Gasteiger partial charge in [0, 0.05) is 21.1 Å². The highest BCUT2D eigenvalue weighted by Gasteiger charge is 2.28. The molecule has 3 rings (SSSR count). The fraction of sp³-hybridized carbons (Fsp3) is 0.480. The van der Waals surface area contributed by atoms with Crippen molar-refractivity contribution in [1.29, 1.82) is 0 Å². The van der Waals surface area contributed by atoms with Crippen molar-refractivity contribution in [3.05, 3.63) is 59.2 Å². The van der Waals surface area contributed by atoms with Crippen molar-refractivity contribution in [1.82, 2.24) is 0 Å². The summed E-state index contributed by atoms with van der Waals surface area (Å²) in [6.45, 7) is 8.64. The topological polar surface area (TPSA) is 29.1 Å². The highest BCUT2D eigenvalue weighted by atomic mass is 32.2. The summed E-state index contributed by atoms with van der Waals surface area (Å²) in [5.74, 6) is 1.18. The molecule has 156 valence electrons. The van der Waals surface area contributed by atoms with Gasteiger partial charge in [0.15, 0.2) is 0 Å². The Morgan fingerprint density at radius 2 is 1.66 bits per heavy atom. The van der Waals surface area contributed by atoms with E-state index in [9.17, 15) is 4.79 Å². The van der Waals surface area contributed by atoms with Crippen LogP contribution in [0.3, 0.4) is 0 Å². The molecule has 1 aliphatic carbocycles. The van der Waals surface area contributed by atoms with E-state index in [0.29, 0.717) is 22.2 Å². The van der Waals surface area contributed by atoms with Crippen LogP contribution in [0.25, 0.3) is 0 Å². The minimum absolute atomic E-state index is 0.115. The van der Waals surface area contributed by atoms with Crippen LogP contribution in [0.15, 0.2) is 47.4 Å². The van der Waals surface area contributed by atoms with Crippen molar-refractivity contribution in [3.8, 4) is 0 Å². The third kappa shape index (κ3) is 6.05. The molecule has 1 N–H and O–H groups in total. The fourth-order valence-electron chi connectivity index (χ4n) is 3.99. The molecule has 1 saturated carbocycles. The fourth-order valence-corrected chi connectivity index (χ4v) is 7.01. The van der Waals surface area contributed by atoms with E-state index >= 15 is 0 Å². The molecule has 0 aromatic heterocycles. The van der Waals surface area contributed by atoms with Gasteiger partial charge in [0.2, 0.25) is 5.91 Å². The zero-order valence-electron chi connectivity index (χ0n) is 18.0. The second-order valence-corrected chi connectivity index (χ2v) is 10.8. The van der Waals surface area contributed by atoms with E-state index < -0.39 is 0 Å². The molecule has 1 amide bonds. The van der Waals surface area contributed by atoms with Crippen LogP contribution in [0.2, 0.25) is 0 Å². The van der Waals surface area contributed by atoms with E-state index in [2.05, 4.69) is 69.4 Å². The van der Waals surface area contributed by atoms with Gasteiger partial charge in [0.05, 0.1) is 5.75 Å². The molecule has 0 saturated heterocycles. The SMILES string of the molecule is Cc1cccc(C)c1NC(=O)CS[C@@H]1CCCC[C@H]1Sc1ccccc1C(C)C. The molecule has 1 aliphatic rings. The maximum atomic E-state index is 12.6. The molecule has 2 aromatic carbocycles. The highest BCUT2D eigenvalue weighted by Crippen LogP contribution is 2.41. The van der Waals surface area contributed by atoms with Crippen LogP contribution in [-0.4, -0.2) is 22.2 Å². The number of rotatable bonds is 7. The summed E-state index contributed by atoms with van der Waals surface area (Å²) in [5.41, 5.74) is 4.66. The van der Waals surface area contributed by atoms with Crippen LogP contribution in [0.5, 0.6) is 0 Å². The molecule has 2 atom stereocenters. The summed E-state index contributed by atoms with van der Waals surface area (Å²) in [4.78, 5) is 14.0. The summed E-state index contributed by atoms with van der Waals surface area (Å²) in [7, 11) is 0. The Balaban J connectivity index is 1.61. The Morgan fingerprint density at radius 1 is 1.00 bits per heavy atom. The van der Waals surface area contributed by atoms with Gasteiger partial charge in [-0.2, -0.15) is 0 Å². The van der Waals surface area contributed by atoms with Crippen molar-refractivity contribution in [2.24, 2.45) is 0 Å². The predicted octanol–water partition coefficient (Wildman–Crippen LogP) is 7.20. The first-order chi connectivity index (χ1) is 14.0. The normalized spacial score (nSPS) is 19.3. The number of nitrogens with one attached hydrogen (secondary N) is 1. The number of hydrogen-bond acceptors (Lipinski definition) is 3. The molecule has 0 spiro atoms. The number of amides is 1. The average Bonchev–Trinajstić information content (AvgIpc) is 2.70. The molecular formula is C25H33NOS2. The van der Waals surface area contributed by atoms with E-state index in [1.165, 1.54) is 36.1 Å². The standard InChI is InChI=1S/C25H33NOS2/c1-17(2)20-12-5-6-13-21(20)29-23-15-8-7-14-22(23)28-16-24(27)26-25-18(3)10-9-11-19(25)4/h5-6,9-13,17,22-23H,7-8,14-16H2,1-4H3,(H,26,27)/t22-,23-/m1/s1. The smallest absolute Gasteiger partial charge is 0.234 e. The Morgan fingerprint density at radius 3 is 2.34 bits per heavy atom. The minimum Gasteiger partial charge on any atom is -0.325 e. The lowest BCUT2D eigenvalue weighted by atomic mass is 10.00. The first-order valence-corrected chi connectivity index (χ1v) is 12.6. The van der Waals surface area contributed by atoms with Gasteiger partial charge in [-0.05, 0) is 55.4 Å². The van der Waals surface area contributed by atoms with Gasteiger partial charge in [-0.15, -0.1) is 23.5 Å². The Labute approximate surface area is 184 Å². The van der Waals surface area contributed by atoms with Gasteiger partial charge < -0.3 is 5.32 Å². The van der Waals surface area contributed by atoms with Crippen LogP contribution in [0.4, 0.5) is 5.69 Å². The molecule has 2 nitrogen and oxygen atoms in total. The zero-order chi connectivity index (χ0) is 20.8. The molecule has 0 unspecified atom stereocenters. The number of benzene rings is 2. The number of hydrogen-bond donors (Lipinski definition) is 1. The number of anilines is 1. The maximum absolute atomic E-state index is 12.6.